The molecule has 0 radical (unpaired) electrons. The molecule has 1 aromatic heterocycles. The van der Waals surface area contributed by atoms with Gasteiger partial charge in [-0.3, -0.25) is 0 Å². The van der Waals surface area contributed by atoms with Crippen LogP contribution in [0, 0.1) is 0 Å². The monoisotopic (exact) mass is 346 g/mol. The Kier molecular flexibility index (Phi) is 4.96. The van der Waals surface area contributed by atoms with E-state index in [2.05, 4.69) is 49.4 Å². The molecule has 0 N–H and O–H groups in total. The number of fused-ring (bicyclic) bond motifs is 5. The van der Waals surface area contributed by atoms with Crippen LogP contribution in [0.2, 0.25) is 0 Å². The van der Waals surface area contributed by atoms with Crippen molar-refractivity contribution < 1.29 is 13.7 Å². The number of hydrogen-bond acceptors (Lipinski definition) is 3. The fourth-order valence-electron chi connectivity index (χ4n) is 3.49. The Morgan fingerprint density at radius 1 is 0.923 bits per heavy atom. The molecule has 0 unspecified atom stereocenters. The normalized spacial score (nSPS) is 11.6. The number of para-hydroxylation sites is 1. The molecule has 4 aromatic rings. The van der Waals surface area contributed by atoms with E-state index in [-0.39, 0.29) is 0 Å². The summed E-state index contributed by atoms with van der Waals surface area (Å²) in [6, 6.07) is 18.8. The van der Waals surface area contributed by atoms with Crippen LogP contribution in [0.25, 0.3) is 32.7 Å². The van der Waals surface area contributed by atoms with Crippen molar-refractivity contribution in [2.45, 2.75) is 26.7 Å². The Morgan fingerprint density at radius 2 is 1.69 bits per heavy atom. The van der Waals surface area contributed by atoms with E-state index >= 15 is 0 Å². The molecule has 0 aliphatic carbocycles. The summed E-state index contributed by atoms with van der Waals surface area (Å²) in [5.74, 6) is 0. The molecule has 4 rings (SSSR count). The van der Waals surface area contributed by atoms with Crippen LogP contribution in [0.4, 0.5) is 0 Å². The molecule has 26 heavy (non-hydrogen) atoms. The van der Waals surface area contributed by atoms with Crippen LogP contribution in [0.15, 0.2) is 59.0 Å². The molecule has 0 aliphatic heterocycles. The van der Waals surface area contributed by atoms with Gasteiger partial charge in [0.2, 0.25) is 0 Å². The molecule has 132 valence electrons. The Morgan fingerprint density at radius 3 is 2.50 bits per heavy atom. The third-order valence-electron chi connectivity index (χ3n) is 4.74. The van der Waals surface area contributed by atoms with Crippen molar-refractivity contribution in [1.82, 2.24) is 0 Å². The number of benzene rings is 3. The van der Waals surface area contributed by atoms with E-state index < -0.39 is 7.12 Å². The van der Waals surface area contributed by atoms with Crippen LogP contribution in [-0.2, 0) is 9.31 Å². The number of furan rings is 1. The van der Waals surface area contributed by atoms with Gasteiger partial charge in [0.25, 0.3) is 0 Å². The minimum absolute atomic E-state index is 0.417. The fourth-order valence-corrected chi connectivity index (χ4v) is 3.49. The van der Waals surface area contributed by atoms with Gasteiger partial charge in [0.15, 0.2) is 0 Å². The molecule has 3 aromatic carbocycles. The SMILES string of the molecule is CCCCOB(OCC)c1cc2ccccc2c2c1oc1ccccc12. The van der Waals surface area contributed by atoms with Crippen molar-refractivity contribution in [3.8, 4) is 0 Å². The third-order valence-corrected chi connectivity index (χ3v) is 4.74. The second-order valence-corrected chi connectivity index (χ2v) is 6.50. The first-order valence-corrected chi connectivity index (χ1v) is 9.39. The molecule has 0 saturated heterocycles. The molecular formula is C22H23BO3. The van der Waals surface area contributed by atoms with Gasteiger partial charge in [0, 0.05) is 29.4 Å². The molecular weight excluding hydrogens is 323 g/mol. The highest BCUT2D eigenvalue weighted by molar-refractivity contribution is 6.65. The molecule has 3 nitrogen and oxygen atoms in total. The lowest BCUT2D eigenvalue weighted by molar-refractivity contribution is 0.213. The van der Waals surface area contributed by atoms with Gasteiger partial charge in [-0.1, -0.05) is 61.9 Å². The number of rotatable bonds is 7. The lowest BCUT2D eigenvalue weighted by Crippen LogP contribution is -2.37. The highest BCUT2D eigenvalue weighted by Gasteiger charge is 2.27. The van der Waals surface area contributed by atoms with Gasteiger partial charge < -0.3 is 13.7 Å². The summed E-state index contributed by atoms with van der Waals surface area (Å²) in [6.07, 6.45) is 2.11. The molecule has 0 aliphatic rings. The summed E-state index contributed by atoms with van der Waals surface area (Å²) in [7, 11) is -0.417. The lowest BCUT2D eigenvalue weighted by Gasteiger charge is -2.15. The van der Waals surface area contributed by atoms with Crippen LogP contribution < -0.4 is 5.46 Å². The third kappa shape index (κ3) is 3.00. The highest BCUT2D eigenvalue weighted by atomic mass is 16.6. The second-order valence-electron chi connectivity index (χ2n) is 6.50. The average Bonchev–Trinajstić information content (AvgIpc) is 3.07. The van der Waals surface area contributed by atoms with Gasteiger partial charge in [-0.25, -0.2) is 0 Å². The van der Waals surface area contributed by atoms with Crippen molar-refractivity contribution in [3.63, 3.8) is 0 Å². The topological polar surface area (TPSA) is 31.6 Å². The Labute approximate surface area is 154 Å². The van der Waals surface area contributed by atoms with E-state index in [1.807, 2.05) is 19.1 Å². The second kappa shape index (κ2) is 7.52. The van der Waals surface area contributed by atoms with Crippen LogP contribution in [-0.4, -0.2) is 20.3 Å². The van der Waals surface area contributed by atoms with Crippen LogP contribution in [0.5, 0.6) is 0 Å². The largest absolute Gasteiger partial charge is 0.497 e. The maximum Gasteiger partial charge on any atom is 0.497 e. The summed E-state index contributed by atoms with van der Waals surface area (Å²) in [4.78, 5) is 0. The molecule has 0 bridgehead atoms. The summed E-state index contributed by atoms with van der Waals surface area (Å²) in [5, 5.41) is 4.63. The molecule has 0 atom stereocenters. The van der Waals surface area contributed by atoms with Gasteiger partial charge >= 0.3 is 7.12 Å². The van der Waals surface area contributed by atoms with Gasteiger partial charge in [-0.05, 0) is 30.2 Å². The van der Waals surface area contributed by atoms with Gasteiger partial charge in [-0.15, -0.1) is 0 Å². The minimum atomic E-state index is -0.417. The maximum absolute atomic E-state index is 6.27. The van der Waals surface area contributed by atoms with E-state index in [1.54, 1.807) is 0 Å². The zero-order chi connectivity index (χ0) is 17.9. The minimum Gasteiger partial charge on any atom is -0.456 e. The van der Waals surface area contributed by atoms with E-state index in [1.165, 1.54) is 10.8 Å². The van der Waals surface area contributed by atoms with Crippen LogP contribution in [0.1, 0.15) is 26.7 Å². The molecule has 0 saturated carbocycles. The average molecular weight is 346 g/mol. The number of unbranched alkanes of at least 4 members (excludes halogenated alkanes) is 1. The summed E-state index contributed by atoms with van der Waals surface area (Å²) in [5.41, 5.74) is 2.72. The quantitative estimate of drug-likeness (QED) is 0.337. The predicted molar refractivity (Wildman–Crippen MR) is 109 cm³/mol. The Balaban J connectivity index is 1.97. The number of hydrogen-bond donors (Lipinski definition) is 0. The smallest absolute Gasteiger partial charge is 0.456 e. The molecule has 0 amide bonds. The van der Waals surface area contributed by atoms with Crippen molar-refractivity contribution in [2.75, 3.05) is 13.2 Å². The molecule has 1 heterocycles. The van der Waals surface area contributed by atoms with Crippen molar-refractivity contribution in [2.24, 2.45) is 0 Å². The van der Waals surface area contributed by atoms with Gasteiger partial charge in [0.1, 0.15) is 11.2 Å². The van der Waals surface area contributed by atoms with Crippen LogP contribution in [0.3, 0.4) is 0 Å². The Bertz CT molecular complexity index is 1040. The van der Waals surface area contributed by atoms with Crippen LogP contribution >= 0.6 is 0 Å². The van der Waals surface area contributed by atoms with Crippen molar-refractivity contribution in [3.05, 3.63) is 54.6 Å². The van der Waals surface area contributed by atoms with Gasteiger partial charge in [0.05, 0.1) is 0 Å². The highest BCUT2D eigenvalue weighted by Crippen LogP contribution is 2.33. The fraction of sp³-hybridized carbons (Fsp3) is 0.273. The summed E-state index contributed by atoms with van der Waals surface area (Å²) >= 11 is 0. The molecule has 4 heteroatoms. The summed E-state index contributed by atoms with van der Waals surface area (Å²) in [6.45, 7) is 5.42. The van der Waals surface area contributed by atoms with Crippen molar-refractivity contribution in [1.29, 1.82) is 0 Å². The summed E-state index contributed by atoms with van der Waals surface area (Å²) < 4.78 is 18.3. The van der Waals surface area contributed by atoms with E-state index in [4.69, 9.17) is 13.7 Å². The lowest BCUT2D eigenvalue weighted by atomic mass is 9.76. The molecule has 0 fully saturated rings. The maximum atomic E-state index is 6.27. The first-order chi connectivity index (χ1) is 12.8. The van der Waals surface area contributed by atoms with E-state index in [0.29, 0.717) is 13.2 Å². The first kappa shape index (κ1) is 17.1. The van der Waals surface area contributed by atoms with Crippen molar-refractivity contribution >= 4 is 45.3 Å². The van der Waals surface area contributed by atoms with E-state index in [9.17, 15) is 0 Å². The predicted octanol–water partition coefficient (Wildman–Crippen LogP) is 5.29. The first-order valence-electron chi connectivity index (χ1n) is 9.39. The van der Waals surface area contributed by atoms with Gasteiger partial charge in [-0.2, -0.15) is 0 Å². The standard InChI is InChI=1S/C22H23BO3/c1-3-5-14-25-23(24-4-2)19-15-16-10-6-7-11-17(16)21-18-12-8-9-13-20(18)26-22(19)21/h6-13,15H,3-5,14H2,1-2H3. The molecule has 0 spiro atoms. The zero-order valence-electron chi connectivity index (χ0n) is 15.3. The Hall–Kier alpha value is -2.30. The van der Waals surface area contributed by atoms with E-state index in [0.717, 1.165) is 40.2 Å². The zero-order valence-corrected chi connectivity index (χ0v) is 15.3.